The molecule has 0 aliphatic heterocycles. The maximum atomic E-state index is 10.3. The van der Waals surface area contributed by atoms with Gasteiger partial charge in [-0.15, -0.1) is 0 Å². The van der Waals surface area contributed by atoms with Crippen LogP contribution in [-0.4, -0.2) is 20.6 Å². The highest BCUT2D eigenvalue weighted by Gasteiger charge is 2.07. The van der Waals surface area contributed by atoms with Gasteiger partial charge in [0, 0.05) is 6.07 Å². The monoisotopic (exact) mass is 195 g/mol. The summed E-state index contributed by atoms with van der Waals surface area (Å²) < 4.78 is 10.2. The fourth-order valence-corrected chi connectivity index (χ4v) is 1.23. The van der Waals surface area contributed by atoms with Crippen LogP contribution in [-0.2, 0) is 4.79 Å². The molecule has 4 nitrogen and oxygen atoms in total. The van der Waals surface area contributed by atoms with E-state index < -0.39 is 0 Å². The molecule has 0 unspecified atom stereocenters. The molecular formula is C10H13NO3. The van der Waals surface area contributed by atoms with E-state index in [1.807, 2.05) is 13.0 Å². The maximum Gasteiger partial charge on any atom is 0.211 e. The Bertz CT molecular complexity index is 336. The Morgan fingerprint density at radius 1 is 1.21 bits per heavy atom. The first-order chi connectivity index (χ1) is 6.72. The van der Waals surface area contributed by atoms with Crippen molar-refractivity contribution in [2.24, 2.45) is 0 Å². The first kappa shape index (κ1) is 10.4. The van der Waals surface area contributed by atoms with Gasteiger partial charge in [-0.2, -0.15) is 0 Å². The smallest absolute Gasteiger partial charge is 0.211 e. The molecule has 0 heterocycles. The van der Waals surface area contributed by atoms with Gasteiger partial charge in [0.1, 0.15) is 11.5 Å². The van der Waals surface area contributed by atoms with E-state index in [0.717, 1.165) is 11.3 Å². The van der Waals surface area contributed by atoms with Crippen molar-refractivity contribution >= 4 is 12.1 Å². The van der Waals surface area contributed by atoms with Gasteiger partial charge in [-0.05, 0) is 18.6 Å². The van der Waals surface area contributed by atoms with Gasteiger partial charge in [-0.1, -0.05) is 0 Å². The summed E-state index contributed by atoms with van der Waals surface area (Å²) in [6.45, 7) is 1.91. The summed E-state index contributed by atoms with van der Waals surface area (Å²) in [6.07, 6.45) is 0.604. The van der Waals surface area contributed by atoms with Crippen molar-refractivity contribution in [3.63, 3.8) is 0 Å². The molecule has 1 N–H and O–H groups in total. The number of rotatable bonds is 4. The van der Waals surface area contributed by atoms with Crippen LogP contribution in [0.3, 0.4) is 0 Å². The molecular weight excluding hydrogens is 182 g/mol. The van der Waals surface area contributed by atoms with Crippen LogP contribution in [0.2, 0.25) is 0 Å². The molecule has 0 radical (unpaired) electrons. The molecule has 1 rings (SSSR count). The van der Waals surface area contributed by atoms with Gasteiger partial charge in [0.25, 0.3) is 0 Å². The molecule has 0 saturated heterocycles. The minimum atomic E-state index is 0.602. The quantitative estimate of drug-likeness (QED) is 0.742. The standard InChI is InChI=1S/C10H13NO3/c1-7-4-10(14-3)8(11-6-12)5-9(7)13-2/h4-6H,1-3H3,(H,11,12). The number of nitrogens with one attached hydrogen (secondary N) is 1. The van der Waals surface area contributed by atoms with Gasteiger partial charge in [0.15, 0.2) is 0 Å². The summed E-state index contributed by atoms with van der Waals surface area (Å²) >= 11 is 0. The Kier molecular flexibility index (Phi) is 3.34. The molecule has 0 spiro atoms. The second-order valence-corrected chi connectivity index (χ2v) is 2.78. The molecule has 0 aliphatic carbocycles. The number of benzene rings is 1. The van der Waals surface area contributed by atoms with E-state index in [-0.39, 0.29) is 0 Å². The Balaban J connectivity index is 3.17. The highest BCUT2D eigenvalue weighted by molar-refractivity contribution is 5.77. The topological polar surface area (TPSA) is 47.6 Å². The number of aryl methyl sites for hydroxylation is 1. The number of anilines is 1. The van der Waals surface area contributed by atoms with Crippen LogP contribution in [0.15, 0.2) is 12.1 Å². The van der Waals surface area contributed by atoms with Crippen molar-refractivity contribution in [3.05, 3.63) is 17.7 Å². The highest BCUT2D eigenvalue weighted by Crippen LogP contribution is 2.31. The first-order valence-corrected chi connectivity index (χ1v) is 4.15. The van der Waals surface area contributed by atoms with E-state index in [9.17, 15) is 4.79 Å². The van der Waals surface area contributed by atoms with Crippen LogP contribution >= 0.6 is 0 Å². The van der Waals surface area contributed by atoms with E-state index >= 15 is 0 Å². The summed E-state index contributed by atoms with van der Waals surface area (Å²) in [5, 5.41) is 2.54. The largest absolute Gasteiger partial charge is 0.496 e. The minimum Gasteiger partial charge on any atom is -0.496 e. The Morgan fingerprint density at radius 3 is 2.36 bits per heavy atom. The van der Waals surface area contributed by atoms with Crippen molar-refractivity contribution in [1.82, 2.24) is 0 Å². The lowest BCUT2D eigenvalue weighted by Crippen LogP contribution is -1.99. The first-order valence-electron chi connectivity index (χ1n) is 4.15. The zero-order valence-electron chi connectivity index (χ0n) is 8.46. The van der Waals surface area contributed by atoms with Gasteiger partial charge in [-0.3, -0.25) is 4.79 Å². The van der Waals surface area contributed by atoms with Gasteiger partial charge in [0.05, 0.1) is 19.9 Å². The molecule has 0 aromatic heterocycles. The lowest BCUT2D eigenvalue weighted by atomic mass is 10.2. The van der Waals surface area contributed by atoms with Crippen molar-refractivity contribution in [1.29, 1.82) is 0 Å². The lowest BCUT2D eigenvalue weighted by molar-refractivity contribution is -0.105. The average molecular weight is 195 g/mol. The summed E-state index contributed by atoms with van der Waals surface area (Å²) in [5.41, 5.74) is 1.56. The highest BCUT2D eigenvalue weighted by atomic mass is 16.5. The number of carbonyl (C=O) groups is 1. The van der Waals surface area contributed by atoms with E-state index in [4.69, 9.17) is 9.47 Å². The molecule has 0 atom stereocenters. The van der Waals surface area contributed by atoms with Crippen molar-refractivity contribution in [2.45, 2.75) is 6.92 Å². The third-order valence-corrected chi connectivity index (χ3v) is 1.93. The molecule has 0 aliphatic rings. The van der Waals surface area contributed by atoms with E-state index in [2.05, 4.69) is 5.32 Å². The lowest BCUT2D eigenvalue weighted by Gasteiger charge is -2.11. The molecule has 1 aromatic rings. The molecule has 0 fully saturated rings. The third-order valence-electron chi connectivity index (χ3n) is 1.93. The van der Waals surface area contributed by atoms with Crippen LogP contribution in [0.5, 0.6) is 11.5 Å². The SMILES string of the molecule is COc1cc(NC=O)c(OC)cc1C. The maximum absolute atomic E-state index is 10.3. The molecule has 4 heteroatoms. The van der Waals surface area contributed by atoms with Gasteiger partial charge >= 0.3 is 0 Å². The molecule has 76 valence electrons. The van der Waals surface area contributed by atoms with Crippen LogP contribution < -0.4 is 14.8 Å². The number of ether oxygens (including phenoxy) is 2. The fourth-order valence-electron chi connectivity index (χ4n) is 1.23. The molecule has 1 amide bonds. The Hall–Kier alpha value is -1.71. The fraction of sp³-hybridized carbons (Fsp3) is 0.300. The number of carbonyl (C=O) groups excluding carboxylic acids is 1. The van der Waals surface area contributed by atoms with E-state index in [1.165, 1.54) is 0 Å². The van der Waals surface area contributed by atoms with Crippen molar-refractivity contribution in [2.75, 3.05) is 19.5 Å². The number of methoxy groups -OCH3 is 2. The van der Waals surface area contributed by atoms with E-state index in [1.54, 1.807) is 20.3 Å². The van der Waals surface area contributed by atoms with Crippen LogP contribution in [0, 0.1) is 6.92 Å². The molecule has 1 aromatic carbocycles. The van der Waals surface area contributed by atoms with Crippen LogP contribution in [0.25, 0.3) is 0 Å². The third kappa shape index (κ3) is 1.96. The Morgan fingerprint density at radius 2 is 1.86 bits per heavy atom. The van der Waals surface area contributed by atoms with Gasteiger partial charge in [-0.25, -0.2) is 0 Å². The second-order valence-electron chi connectivity index (χ2n) is 2.78. The second kappa shape index (κ2) is 4.50. The summed E-state index contributed by atoms with van der Waals surface area (Å²) in [7, 11) is 3.14. The van der Waals surface area contributed by atoms with Crippen LogP contribution in [0.4, 0.5) is 5.69 Å². The normalized spacial score (nSPS) is 9.36. The zero-order valence-corrected chi connectivity index (χ0v) is 8.46. The number of hydrogen-bond acceptors (Lipinski definition) is 3. The number of hydrogen-bond donors (Lipinski definition) is 1. The van der Waals surface area contributed by atoms with Crippen LogP contribution in [0.1, 0.15) is 5.56 Å². The van der Waals surface area contributed by atoms with Gasteiger partial charge < -0.3 is 14.8 Å². The average Bonchev–Trinajstić information content (AvgIpc) is 2.20. The molecule has 0 saturated carbocycles. The summed E-state index contributed by atoms with van der Waals surface area (Å²) in [4.78, 5) is 10.3. The predicted molar refractivity (Wildman–Crippen MR) is 54.0 cm³/mol. The molecule has 14 heavy (non-hydrogen) atoms. The summed E-state index contributed by atoms with van der Waals surface area (Å²) in [5.74, 6) is 1.34. The predicted octanol–water partition coefficient (Wildman–Crippen LogP) is 1.58. The zero-order chi connectivity index (χ0) is 10.6. The van der Waals surface area contributed by atoms with Crippen molar-refractivity contribution in [3.8, 4) is 11.5 Å². The Labute approximate surface area is 82.8 Å². The van der Waals surface area contributed by atoms with Gasteiger partial charge in [0.2, 0.25) is 6.41 Å². The minimum absolute atomic E-state index is 0.602. The van der Waals surface area contributed by atoms with E-state index in [0.29, 0.717) is 17.8 Å². The number of amides is 1. The molecule has 0 bridgehead atoms. The summed E-state index contributed by atoms with van der Waals surface area (Å²) in [6, 6.07) is 3.53. The van der Waals surface area contributed by atoms with Crippen molar-refractivity contribution < 1.29 is 14.3 Å².